The highest BCUT2D eigenvalue weighted by molar-refractivity contribution is 7.91. The number of piperidine rings is 1. The number of halogens is 1. The summed E-state index contributed by atoms with van der Waals surface area (Å²) < 4.78 is 28.3. The van der Waals surface area contributed by atoms with Crippen molar-refractivity contribution >= 4 is 33.0 Å². The monoisotopic (exact) mass is 384 g/mol. The smallest absolute Gasteiger partial charge is 0.250 e. The van der Waals surface area contributed by atoms with Crippen molar-refractivity contribution in [1.82, 2.24) is 9.62 Å². The Morgan fingerprint density at radius 3 is 2.54 bits per heavy atom. The van der Waals surface area contributed by atoms with Gasteiger partial charge in [0, 0.05) is 25.7 Å². The zero-order valence-corrected chi connectivity index (χ0v) is 15.9. The molecule has 1 aliphatic heterocycles. The first kappa shape index (κ1) is 17.9. The molecule has 1 aromatic heterocycles. The number of hydrogen-bond donors (Lipinski definition) is 1. The highest BCUT2D eigenvalue weighted by atomic mass is 35.5. The maximum absolute atomic E-state index is 12.4. The molecule has 4 nitrogen and oxygen atoms in total. The maximum atomic E-state index is 12.4. The third-order valence-corrected chi connectivity index (χ3v) is 7.62. The van der Waals surface area contributed by atoms with Crippen molar-refractivity contribution in [1.29, 1.82) is 0 Å². The molecule has 130 valence electrons. The number of thiophene rings is 1. The molecular weight excluding hydrogens is 364 g/mol. The Morgan fingerprint density at radius 2 is 1.92 bits per heavy atom. The lowest BCUT2D eigenvalue weighted by molar-refractivity contribution is 0.199. The summed E-state index contributed by atoms with van der Waals surface area (Å²) in [6.07, 6.45) is 1.65. The Morgan fingerprint density at radius 1 is 1.21 bits per heavy atom. The van der Waals surface area contributed by atoms with Crippen molar-refractivity contribution in [2.75, 3.05) is 13.1 Å². The largest absolute Gasteiger partial charge is 0.299 e. The second-order valence-electron chi connectivity index (χ2n) is 6.16. The van der Waals surface area contributed by atoms with Crippen molar-refractivity contribution in [3.8, 4) is 0 Å². The van der Waals surface area contributed by atoms with Crippen molar-refractivity contribution in [3.63, 3.8) is 0 Å². The molecule has 0 radical (unpaired) electrons. The maximum Gasteiger partial charge on any atom is 0.250 e. The Bertz CT molecular complexity index is 796. The van der Waals surface area contributed by atoms with Gasteiger partial charge in [-0.05, 0) is 43.0 Å². The number of hydrogen-bond acceptors (Lipinski definition) is 4. The summed E-state index contributed by atoms with van der Waals surface area (Å²) >= 11 is 6.93. The van der Waals surface area contributed by atoms with Crippen LogP contribution in [0.1, 0.15) is 24.0 Å². The van der Waals surface area contributed by atoms with Crippen LogP contribution in [0.15, 0.2) is 40.6 Å². The van der Waals surface area contributed by atoms with Crippen LogP contribution in [0.2, 0.25) is 4.34 Å². The molecule has 0 amide bonds. The second kappa shape index (κ2) is 7.54. The normalized spacial score (nSPS) is 17.2. The second-order valence-corrected chi connectivity index (χ2v) is 9.81. The average molecular weight is 385 g/mol. The van der Waals surface area contributed by atoms with Gasteiger partial charge in [0.05, 0.1) is 4.34 Å². The molecule has 2 heterocycles. The first-order valence-corrected chi connectivity index (χ1v) is 10.7. The number of nitrogens with zero attached hydrogens (tertiary/aromatic N) is 1. The molecule has 1 aromatic carbocycles. The van der Waals surface area contributed by atoms with Gasteiger partial charge >= 0.3 is 0 Å². The predicted octanol–water partition coefficient (Wildman–Crippen LogP) is 3.65. The van der Waals surface area contributed by atoms with Gasteiger partial charge in [-0.1, -0.05) is 35.9 Å². The molecule has 1 aliphatic rings. The van der Waals surface area contributed by atoms with Crippen LogP contribution in [-0.2, 0) is 16.6 Å². The molecule has 1 N–H and O–H groups in total. The molecule has 0 spiro atoms. The Kier molecular flexibility index (Phi) is 5.62. The van der Waals surface area contributed by atoms with Gasteiger partial charge in [-0.2, -0.15) is 0 Å². The van der Waals surface area contributed by atoms with Crippen molar-refractivity contribution in [2.45, 2.75) is 36.6 Å². The molecule has 2 aromatic rings. The first-order valence-electron chi connectivity index (χ1n) is 7.98. The van der Waals surface area contributed by atoms with Gasteiger partial charge in [-0.25, -0.2) is 13.1 Å². The van der Waals surface area contributed by atoms with E-state index in [4.69, 9.17) is 11.6 Å². The van der Waals surface area contributed by atoms with Crippen LogP contribution in [0.4, 0.5) is 0 Å². The van der Waals surface area contributed by atoms with Crippen LogP contribution < -0.4 is 4.72 Å². The quantitative estimate of drug-likeness (QED) is 0.855. The minimum atomic E-state index is -3.46. The number of benzene rings is 1. The number of likely N-dealkylation sites (tertiary alicyclic amines) is 1. The minimum absolute atomic E-state index is 0.0102. The van der Waals surface area contributed by atoms with Crippen LogP contribution in [0.3, 0.4) is 0 Å². The molecule has 0 atom stereocenters. The standard InChI is InChI=1S/C17H21ClN2O2S2/c1-13-4-2-3-5-14(13)12-20-10-8-15(9-11-20)19-24(21,22)17-7-6-16(18)23-17/h2-7,15,19H,8-12H2,1H3. The van der Waals surface area contributed by atoms with E-state index in [9.17, 15) is 8.42 Å². The van der Waals surface area contributed by atoms with Gasteiger partial charge in [-0.15, -0.1) is 11.3 Å². The van der Waals surface area contributed by atoms with E-state index in [-0.39, 0.29) is 10.3 Å². The molecule has 7 heteroatoms. The van der Waals surface area contributed by atoms with Gasteiger partial charge in [0.2, 0.25) is 10.0 Å². The van der Waals surface area contributed by atoms with E-state index in [1.165, 1.54) is 11.1 Å². The van der Waals surface area contributed by atoms with Crippen LogP contribution in [-0.4, -0.2) is 32.4 Å². The van der Waals surface area contributed by atoms with Gasteiger partial charge < -0.3 is 0 Å². The SMILES string of the molecule is Cc1ccccc1CN1CCC(NS(=O)(=O)c2ccc(Cl)s2)CC1. The van der Waals surface area contributed by atoms with E-state index in [2.05, 4.69) is 40.8 Å². The molecule has 3 rings (SSSR count). The molecule has 0 saturated carbocycles. The van der Waals surface area contributed by atoms with E-state index in [0.717, 1.165) is 43.8 Å². The highest BCUT2D eigenvalue weighted by Gasteiger charge is 2.25. The Labute approximate surface area is 152 Å². The molecular formula is C17H21ClN2O2S2. The molecule has 0 unspecified atom stereocenters. The molecule has 24 heavy (non-hydrogen) atoms. The third kappa shape index (κ3) is 4.37. The van der Waals surface area contributed by atoms with Gasteiger partial charge in [0.15, 0.2) is 0 Å². The van der Waals surface area contributed by atoms with E-state index in [1.54, 1.807) is 12.1 Å². The Balaban J connectivity index is 1.55. The molecule has 0 bridgehead atoms. The lowest BCUT2D eigenvalue weighted by atomic mass is 10.0. The summed E-state index contributed by atoms with van der Waals surface area (Å²) in [7, 11) is -3.46. The zero-order chi connectivity index (χ0) is 17.2. The highest BCUT2D eigenvalue weighted by Crippen LogP contribution is 2.26. The van der Waals surface area contributed by atoms with Crippen LogP contribution in [0, 0.1) is 6.92 Å². The summed E-state index contributed by atoms with van der Waals surface area (Å²) in [6.45, 7) is 4.84. The summed E-state index contributed by atoms with van der Waals surface area (Å²) in [4.78, 5) is 2.38. The zero-order valence-electron chi connectivity index (χ0n) is 13.5. The predicted molar refractivity (Wildman–Crippen MR) is 99.1 cm³/mol. The van der Waals surface area contributed by atoms with E-state index in [0.29, 0.717) is 4.34 Å². The van der Waals surface area contributed by atoms with Crippen LogP contribution in [0.25, 0.3) is 0 Å². The third-order valence-electron chi connectivity index (χ3n) is 4.38. The number of sulfonamides is 1. The van der Waals surface area contributed by atoms with Crippen LogP contribution >= 0.6 is 22.9 Å². The first-order chi connectivity index (χ1) is 11.4. The fourth-order valence-electron chi connectivity index (χ4n) is 2.96. The van der Waals surface area contributed by atoms with Gasteiger partial charge in [0.25, 0.3) is 0 Å². The summed E-state index contributed by atoms with van der Waals surface area (Å²) in [5.41, 5.74) is 2.64. The minimum Gasteiger partial charge on any atom is -0.299 e. The van der Waals surface area contributed by atoms with E-state index in [1.807, 2.05) is 0 Å². The van der Waals surface area contributed by atoms with Crippen molar-refractivity contribution in [2.24, 2.45) is 0 Å². The molecule has 0 aliphatic carbocycles. The average Bonchev–Trinajstić information content (AvgIpc) is 2.99. The summed E-state index contributed by atoms with van der Waals surface area (Å²) in [5.74, 6) is 0. The molecule has 1 fully saturated rings. The van der Waals surface area contributed by atoms with Crippen molar-refractivity contribution < 1.29 is 8.42 Å². The van der Waals surface area contributed by atoms with Gasteiger partial charge in [-0.3, -0.25) is 4.90 Å². The topological polar surface area (TPSA) is 49.4 Å². The van der Waals surface area contributed by atoms with Gasteiger partial charge in [0.1, 0.15) is 4.21 Å². The molecule has 1 saturated heterocycles. The van der Waals surface area contributed by atoms with Crippen molar-refractivity contribution in [3.05, 3.63) is 51.9 Å². The number of aryl methyl sites for hydroxylation is 1. The van der Waals surface area contributed by atoms with E-state index < -0.39 is 10.0 Å². The summed E-state index contributed by atoms with van der Waals surface area (Å²) in [5, 5.41) is 0. The summed E-state index contributed by atoms with van der Waals surface area (Å²) in [6, 6.07) is 11.6. The fraction of sp³-hybridized carbons (Fsp3) is 0.412. The number of rotatable bonds is 5. The van der Waals surface area contributed by atoms with Crippen LogP contribution in [0.5, 0.6) is 0 Å². The number of nitrogens with one attached hydrogen (secondary N) is 1. The Hall–Kier alpha value is -0.920. The lowest BCUT2D eigenvalue weighted by Gasteiger charge is -2.32. The lowest BCUT2D eigenvalue weighted by Crippen LogP contribution is -2.44. The fourth-order valence-corrected chi connectivity index (χ4v) is 5.76. The van der Waals surface area contributed by atoms with E-state index >= 15 is 0 Å².